The second kappa shape index (κ2) is 7.94. The molecule has 5 rings (SSSR count). The zero-order chi connectivity index (χ0) is 21.6. The van der Waals surface area contributed by atoms with Crippen molar-refractivity contribution in [3.8, 4) is 0 Å². The summed E-state index contributed by atoms with van der Waals surface area (Å²) in [4.78, 5) is 16.0. The van der Waals surface area contributed by atoms with Crippen LogP contribution in [0.2, 0.25) is 0 Å². The predicted molar refractivity (Wildman–Crippen MR) is 117 cm³/mol. The van der Waals surface area contributed by atoms with Crippen LogP contribution < -0.4 is 10.6 Å². The van der Waals surface area contributed by atoms with Crippen LogP contribution in [0.25, 0.3) is 10.2 Å². The third-order valence-corrected chi connectivity index (χ3v) is 7.35. The lowest BCUT2D eigenvalue weighted by molar-refractivity contribution is -0.137. The summed E-state index contributed by atoms with van der Waals surface area (Å²) in [7, 11) is 0. The van der Waals surface area contributed by atoms with E-state index in [9.17, 15) is 13.2 Å². The molecule has 0 saturated carbocycles. The Morgan fingerprint density at radius 3 is 2.58 bits per heavy atom. The van der Waals surface area contributed by atoms with Crippen LogP contribution in [-0.2, 0) is 25.6 Å². The Kier molecular flexibility index (Phi) is 5.26. The number of fused-ring (bicyclic) bond motifs is 3. The van der Waals surface area contributed by atoms with Crippen molar-refractivity contribution in [2.24, 2.45) is 0 Å². The van der Waals surface area contributed by atoms with Crippen molar-refractivity contribution >= 4 is 33.1 Å². The van der Waals surface area contributed by atoms with Crippen molar-refractivity contribution in [3.05, 3.63) is 46.1 Å². The van der Waals surface area contributed by atoms with Crippen LogP contribution in [0, 0.1) is 0 Å². The summed E-state index contributed by atoms with van der Waals surface area (Å²) >= 11 is 1.74. The first-order chi connectivity index (χ1) is 14.9. The van der Waals surface area contributed by atoms with Crippen molar-refractivity contribution in [2.45, 2.75) is 38.4 Å². The smallest absolute Gasteiger partial charge is 0.383 e. The van der Waals surface area contributed by atoms with E-state index >= 15 is 0 Å². The second-order valence-corrected chi connectivity index (χ2v) is 9.31. The highest BCUT2D eigenvalue weighted by Crippen LogP contribution is 2.38. The molecule has 0 radical (unpaired) electrons. The lowest BCUT2D eigenvalue weighted by Gasteiger charge is -2.36. The van der Waals surface area contributed by atoms with Crippen LogP contribution in [0.4, 0.5) is 24.7 Å². The van der Waals surface area contributed by atoms with E-state index in [4.69, 9.17) is 10.7 Å². The molecule has 0 atom stereocenters. The molecule has 0 amide bonds. The Hall–Kier alpha value is -2.39. The first-order valence-electron chi connectivity index (χ1n) is 10.6. The maximum atomic E-state index is 13.0. The highest BCUT2D eigenvalue weighted by molar-refractivity contribution is 7.19. The number of nitrogens with two attached hydrogens (primary N) is 1. The van der Waals surface area contributed by atoms with Gasteiger partial charge in [0.2, 0.25) is 0 Å². The number of benzene rings is 1. The Balaban J connectivity index is 1.27. The molecular weight excluding hydrogens is 423 g/mol. The number of anilines is 2. The fraction of sp³-hybridized carbons (Fsp3) is 0.455. The molecule has 164 valence electrons. The number of piperazine rings is 1. The Morgan fingerprint density at radius 1 is 1.03 bits per heavy atom. The number of aryl methyl sites for hydroxylation is 2. The second-order valence-electron chi connectivity index (χ2n) is 8.23. The topological polar surface area (TPSA) is 58.3 Å². The lowest BCUT2D eigenvalue weighted by atomic mass is 9.97. The van der Waals surface area contributed by atoms with Gasteiger partial charge in [-0.2, -0.15) is 13.2 Å². The molecule has 1 aromatic carbocycles. The summed E-state index contributed by atoms with van der Waals surface area (Å²) in [6.07, 6.45) is 0.240. The Labute approximate surface area is 182 Å². The highest BCUT2D eigenvalue weighted by atomic mass is 32.1. The molecule has 0 bridgehead atoms. The number of hydrogen-bond donors (Lipinski definition) is 1. The first kappa shape index (κ1) is 20.5. The van der Waals surface area contributed by atoms with Crippen LogP contribution >= 0.6 is 11.3 Å². The van der Waals surface area contributed by atoms with Crippen LogP contribution in [0.1, 0.15) is 34.7 Å². The van der Waals surface area contributed by atoms with Crippen LogP contribution in [0.3, 0.4) is 0 Å². The number of halogens is 3. The van der Waals surface area contributed by atoms with Gasteiger partial charge in [-0.05, 0) is 49.4 Å². The molecule has 3 heterocycles. The number of hydrogen-bond acceptors (Lipinski definition) is 6. The molecule has 3 aromatic rings. The fourth-order valence-corrected chi connectivity index (χ4v) is 5.83. The molecule has 1 fully saturated rings. The van der Waals surface area contributed by atoms with Crippen molar-refractivity contribution in [1.29, 1.82) is 0 Å². The molecule has 0 unspecified atom stereocenters. The van der Waals surface area contributed by atoms with Gasteiger partial charge in [0.1, 0.15) is 16.5 Å². The minimum absolute atomic E-state index is 0.571. The summed E-state index contributed by atoms with van der Waals surface area (Å²) in [5.41, 5.74) is 7.66. The lowest BCUT2D eigenvalue weighted by Crippen LogP contribution is -2.46. The van der Waals surface area contributed by atoms with Crippen LogP contribution in [0.5, 0.6) is 0 Å². The Morgan fingerprint density at radius 2 is 1.81 bits per heavy atom. The first-order valence-corrected chi connectivity index (χ1v) is 11.4. The molecule has 9 heteroatoms. The molecule has 1 aliphatic carbocycles. The number of nitrogen functional groups attached to an aromatic ring is 1. The van der Waals surface area contributed by atoms with E-state index in [-0.39, 0.29) is 0 Å². The predicted octanol–water partition coefficient (Wildman–Crippen LogP) is 4.49. The molecular formula is C22H24F3N5S. The van der Waals surface area contributed by atoms with E-state index in [2.05, 4.69) is 9.88 Å². The molecule has 5 nitrogen and oxygen atoms in total. The number of nitrogens with zero attached hydrogens (tertiary/aromatic N) is 4. The SMILES string of the molecule is Nc1nc(CN2CCN(c3cccc(C(F)(F)F)c3)CC2)nc2sc3c(c12)CCCC3. The van der Waals surface area contributed by atoms with E-state index in [1.807, 2.05) is 4.90 Å². The Bertz CT molecular complexity index is 1100. The molecule has 0 spiro atoms. The average Bonchev–Trinajstić information content (AvgIpc) is 3.12. The molecule has 2 aromatic heterocycles. The van der Waals surface area contributed by atoms with E-state index < -0.39 is 11.7 Å². The molecule has 1 saturated heterocycles. The summed E-state index contributed by atoms with van der Waals surface area (Å²) in [6.45, 7) is 3.38. The zero-order valence-corrected chi connectivity index (χ0v) is 17.9. The van der Waals surface area contributed by atoms with E-state index in [1.54, 1.807) is 17.4 Å². The van der Waals surface area contributed by atoms with Gasteiger partial charge < -0.3 is 10.6 Å². The number of thiophene rings is 1. The third-order valence-electron chi connectivity index (χ3n) is 6.16. The number of aromatic nitrogens is 2. The summed E-state index contributed by atoms with van der Waals surface area (Å²) in [5, 5.41) is 1.04. The van der Waals surface area contributed by atoms with Gasteiger partial charge in [-0.15, -0.1) is 11.3 Å². The average molecular weight is 448 g/mol. The van der Waals surface area contributed by atoms with Gasteiger partial charge in [0.15, 0.2) is 0 Å². The van der Waals surface area contributed by atoms with Crippen LogP contribution in [-0.4, -0.2) is 41.0 Å². The summed E-state index contributed by atoms with van der Waals surface area (Å²) in [5.74, 6) is 1.29. The van der Waals surface area contributed by atoms with E-state index in [1.165, 1.54) is 35.4 Å². The molecule has 1 aliphatic heterocycles. The largest absolute Gasteiger partial charge is 0.416 e. The fourth-order valence-electron chi connectivity index (χ4n) is 4.55. The van der Waals surface area contributed by atoms with Gasteiger partial charge in [0.05, 0.1) is 17.5 Å². The number of rotatable bonds is 3. The third kappa shape index (κ3) is 4.08. The van der Waals surface area contributed by atoms with Crippen molar-refractivity contribution in [3.63, 3.8) is 0 Å². The summed E-state index contributed by atoms with van der Waals surface area (Å²) in [6, 6.07) is 5.55. The van der Waals surface area contributed by atoms with Crippen molar-refractivity contribution in [1.82, 2.24) is 14.9 Å². The van der Waals surface area contributed by atoms with E-state index in [0.717, 1.165) is 48.0 Å². The van der Waals surface area contributed by atoms with Crippen molar-refractivity contribution < 1.29 is 13.2 Å². The maximum absolute atomic E-state index is 13.0. The van der Waals surface area contributed by atoms with Crippen molar-refractivity contribution in [2.75, 3.05) is 36.8 Å². The monoisotopic (exact) mass is 447 g/mol. The standard InChI is InChI=1S/C22H24F3N5S/c23-22(24,25)14-4-3-5-15(12-14)30-10-8-29(9-11-30)13-18-27-20(26)19-16-6-1-2-7-17(16)31-21(19)28-18/h3-5,12H,1-2,6-11,13H2,(H2,26,27,28). The van der Waals surface area contributed by atoms with Gasteiger partial charge in [-0.1, -0.05) is 6.07 Å². The minimum atomic E-state index is -4.32. The molecule has 31 heavy (non-hydrogen) atoms. The summed E-state index contributed by atoms with van der Waals surface area (Å²) < 4.78 is 39.0. The molecule has 2 aliphatic rings. The zero-order valence-electron chi connectivity index (χ0n) is 17.1. The van der Waals surface area contributed by atoms with E-state index in [0.29, 0.717) is 31.1 Å². The highest BCUT2D eigenvalue weighted by Gasteiger charge is 2.31. The normalized spacial score (nSPS) is 17.8. The maximum Gasteiger partial charge on any atom is 0.416 e. The van der Waals surface area contributed by atoms with Gasteiger partial charge in [0, 0.05) is 36.7 Å². The van der Waals surface area contributed by atoms with Gasteiger partial charge >= 0.3 is 6.18 Å². The quantitative estimate of drug-likeness (QED) is 0.641. The minimum Gasteiger partial charge on any atom is -0.383 e. The van der Waals surface area contributed by atoms with Gasteiger partial charge in [0.25, 0.3) is 0 Å². The number of alkyl halides is 3. The van der Waals surface area contributed by atoms with Gasteiger partial charge in [-0.3, -0.25) is 4.90 Å². The van der Waals surface area contributed by atoms with Gasteiger partial charge in [-0.25, -0.2) is 9.97 Å². The molecule has 2 N–H and O–H groups in total. The van der Waals surface area contributed by atoms with Crippen LogP contribution in [0.15, 0.2) is 24.3 Å².